The predicted molar refractivity (Wildman–Crippen MR) is 41.4 cm³/mol. The van der Waals surface area contributed by atoms with E-state index >= 15 is 0 Å². The molecule has 54 valence electrons. The van der Waals surface area contributed by atoms with Gasteiger partial charge in [-0.3, -0.25) is 0 Å². The van der Waals surface area contributed by atoms with Crippen LogP contribution in [0, 0.1) is 6.92 Å². The van der Waals surface area contributed by atoms with E-state index in [1.165, 1.54) is 11.8 Å². The second kappa shape index (κ2) is 3.16. The highest BCUT2D eigenvalue weighted by Gasteiger charge is 1.99. The van der Waals surface area contributed by atoms with E-state index in [2.05, 4.69) is 15.2 Å². The molecule has 3 nitrogen and oxygen atoms in total. The molecule has 0 fully saturated rings. The molecule has 0 aliphatic heterocycles. The molecule has 0 N–H and O–H groups in total. The Hall–Kier alpha value is -0.350. The molecule has 0 aliphatic rings. The number of aryl methyl sites for hydroxylation is 1. The van der Waals surface area contributed by atoms with Gasteiger partial charge in [0.25, 0.3) is 0 Å². The Morgan fingerprint density at radius 3 is 2.60 bits per heavy atom. The molecule has 0 amide bonds. The number of hydrogen-bond donors (Lipinski definition) is 0. The highest BCUT2D eigenvalue weighted by atomic mass is 35.5. The van der Waals surface area contributed by atoms with Gasteiger partial charge in [0.1, 0.15) is 0 Å². The van der Waals surface area contributed by atoms with Crippen LogP contribution in [0.25, 0.3) is 0 Å². The molecular formula is C5H6ClN3S. The van der Waals surface area contributed by atoms with Crippen molar-refractivity contribution in [2.75, 3.05) is 6.26 Å². The lowest BCUT2D eigenvalue weighted by Gasteiger charge is -1.95. The average Bonchev–Trinajstić information content (AvgIpc) is 1.95. The van der Waals surface area contributed by atoms with Gasteiger partial charge in [0, 0.05) is 0 Å². The summed E-state index contributed by atoms with van der Waals surface area (Å²) in [5.41, 5.74) is 0.666. The van der Waals surface area contributed by atoms with Gasteiger partial charge in [0.05, 0.1) is 5.69 Å². The molecule has 0 radical (unpaired) electrons. The second-order valence-corrected chi connectivity index (χ2v) is 2.81. The second-order valence-electron chi connectivity index (χ2n) is 1.67. The van der Waals surface area contributed by atoms with Gasteiger partial charge in [0.2, 0.25) is 5.16 Å². The fraction of sp³-hybridized carbons (Fsp3) is 0.400. The van der Waals surface area contributed by atoms with Crippen molar-refractivity contribution < 1.29 is 0 Å². The lowest BCUT2D eigenvalue weighted by molar-refractivity contribution is 0.815. The van der Waals surface area contributed by atoms with Gasteiger partial charge in [0.15, 0.2) is 5.15 Å². The van der Waals surface area contributed by atoms with Crippen LogP contribution in [0.2, 0.25) is 5.15 Å². The lowest BCUT2D eigenvalue weighted by atomic mass is 10.5. The van der Waals surface area contributed by atoms with Gasteiger partial charge in [-0.15, -0.1) is 10.2 Å². The topological polar surface area (TPSA) is 38.7 Å². The Balaban J connectivity index is 3.04. The number of hydrogen-bond acceptors (Lipinski definition) is 4. The number of thioether (sulfide) groups is 1. The highest BCUT2D eigenvalue weighted by Crippen LogP contribution is 2.12. The summed E-state index contributed by atoms with van der Waals surface area (Å²) in [6, 6.07) is 0. The zero-order chi connectivity index (χ0) is 7.56. The Labute approximate surface area is 68.2 Å². The molecule has 0 saturated heterocycles. The van der Waals surface area contributed by atoms with E-state index in [9.17, 15) is 0 Å². The summed E-state index contributed by atoms with van der Waals surface area (Å²) in [5.74, 6) is 0. The van der Waals surface area contributed by atoms with E-state index in [0.29, 0.717) is 16.0 Å². The van der Waals surface area contributed by atoms with Crippen molar-refractivity contribution in [2.24, 2.45) is 0 Å². The third kappa shape index (κ3) is 1.58. The predicted octanol–water partition coefficient (Wildman–Crippen LogP) is 1.56. The van der Waals surface area contributed by atoms with Crippen LogP contribution in [-0.2, 0) is 0 Å². The minimum absolute atomic E-state index is 0.430. The number of rotatable bonds is 1. The Morgan fingerprint density at radius 2 is 2.10 bits per heavy atom. The van der Waals surface area contributed by atoms with Crippen molar-refractivity contribution >= 4 is 23.4 Å². The van der Waals surface area contributed by atoms with Crippen molar-refractivity contribution in [2.45, 2.75) is 12.1 Å². The largest absolute Gasteiger partial charge is 0.210 e. The summed E-state index contributed by atoms with van der Waals surface area (Å²) in [4.78, 5) is 3.95. The van der Waals surface area contributed by atoms with Crippen LogP contribution in [0.3, 0.4) is 0 Å². The molecule has 0 aliphatic carbocycles. The zero-order valence-corrected chi connectivity index (χ0v) is 7.20. The van der Waals surface area contributed by atoms with Crippen LogP contribution in [0.15, 0.2) is 5.16 Å². The minimum Gasteiger partial charge on any atom is -0.207 e. The van der Waals surface area contributed by atoms with Gasteiger partial charge < -0.3 is 0 Å². The van der Waals surface area contributed by atoms with Crippen LogP contribution in [-0.4, -0.2) is 21.4 Å². The summed E-state index contributed by atoms with van der Waals surface area (Å²) >= 11 is 7.09. The molecule has 1 rings (SSSR count). The van der Waals surface area contributed by atoms with Gasteiger partial charge >= 0.3 is 0 Å². The molecule has 0 atom stereocenters. The van der Waals surface area contributed by atoms with E-state index in [4.69, 9.17) is 11.6 Å². The monoisotopic (exact) mass is 175 g/mol. The summed E-state index contributed by atoms with van der Waals surface area (Å²) in [5, 5.41) is 8.60. The Morgan fingerprint density at radius 1 is 1.40 bits per heavy atom. The van der Waals surface area contributed by atoms with Crippen molar-refractivity contribution in [3.63, 3.8) is 0 Å². The molecule has 0 bridgehead atoms. The lowest BCUT2D eigenvalue weighted by Crippen LogP contribution is -1.93. The van der Waals surface area contributed by atoms with Crippen molar-refractivity contribution in [3.05, 3.63) is 10.8 Å². The Kier molecular flexibility index (Phi) is 2.45. The van der Waals surface area contributed by atoms with Crippen molar-refractivity contribution in [1.29, 1.82) is 0 Å². The first-order valence-electron chi connectivity index (χ1n) is 2.65. The Bertz CT molecular complexity index is 240. The molecule has 1 heterocycles. The fourth-order valence-corrected chi connectivity index (χ4v) is 0.906. The fourth-order valence-electron chi connectivity index (χ4n) is 0.433. The first-order valence-corrected chi connectivity index (χ1v) is 4.25. The maximum atomic E-state index is 5.67. The number of halogens is 1. The standard InChI is InChI=1S/C5H6ClN3S/c1-3-4(6)7-5(10-2)9-8-3/h1-2H3. The molecule has 0 unspecified atom stereocenters. The first-order chi connectivity index (χ1) is 4.74. The van der Waals surface area contributed by atoms with Crippen LogP contribution < -0.4 is 0 Å². The smallest absolute Gasteiger partial charge is 0.207 e. The van der Waals surface area contributed by atoms with Crippen molar-refractivity contribution in [3.8, 4) is 0 Å². The SMILES string of the molecule is CSc1nnc(C)c(Cl)n1. The van der Waals surface area contributed by atoms with E-state index in [-0.39, 0.29) is 0 Å². The maximum Gasteiger partial charge on any atom is 0.210 e. The van der Waals surface area contributed by atoms with E-state index in [1.807, 2.05) is 6.26 Å². The van der Waals surface area contributed by atoms with E-state index in [0.717, 1.165) is 0 Å². The number of aromatic nitrogens is 3. The average molecular weight is 176 g/mol. The van der Waals surface area contributed by atoms with Gasteiger partial charge in [-0.25, -0.2) is 4.98 Å². The van der Waals surface area contributed by atoms with Crippen LogP contribution in [0.1, 0.15) is 5.69 Å². The summed E-state index contributed by atoms with van der Waals surface area (Å²) in [6.45, 7) is 1.77. The maximum absolute atomic E-state index is 5.67. The zero-order valence-electron chi connectivity index (χ0n) is 5.63. The third-order valence-corrected chi connectivity index (χ3v) is 1.86. The molecule has 0 spiro atoms. The van der Waals surface area contributed by atoms with E-state index in [1.54, 1.807) is 6.92 Å². The molecule has 1 aromatic heterocycles. The molecule has 1 aromatic rings. The van der Waals surface area contributed by atoms with Crippen LogP contribution >= 0.6 is 23.4 Å². The normalized spacial score (nSPS) is 9.90. The summed E-state index contributed by atoms with van der Waals surface area (Å²) < 4.78 is 0. The van der Waals surface area contributed by atoms with Gasteiger partial charge in [-0.2, -0.15) is 0 Å². The summed E-state index contributed by atoms with van der Waals surface area (Å²) in [6.07, 6.45) is 1.88. The molecule has 0 aromatic carbocycles. The van der Waals surface area contributed by atoms with Crippen LogP contribution in [0.5, 0.6) is 0 Å². The quantitative estimate of drug-likeness (QED) is 0.608. The molecule has 10 heavy (non-hydrogen) atoms. The molecule has 0 saturated carbocycles. The number of nitrogens with zero attached hydrogens (tertiary/aromatic N) is 3. The third-order valence-electron chi connectivity index (χ3n) is 0.960. The highest BCUT2D eigenvalue weighted by molar-refractivity contribution is 7.98. The van der Waals surface area contributed by atoms with Gasteiger partial charge in [-0.05, 0) is 13.2 Å². The molecule has 5 heteroatoms. The first kappa shape index (κ1) is 7.75. The summed E-state index contributed by atoms with van der Waals surface area (Å²) in [7, 11) is 0. The van der Waals surface area contributed by atoms with Crippen LogP contribution in [0.4, 0.5) is 0 Å². The van der Waals surface area contributed by atoms with Gasteiger partial charge in [-0.1, -0.05) is 23.4 Å². The molecular weight excluding hydrogens is 170 g/mol. The minimum atomic E-state index is 0.430. The van der Waals surface area contributed by atoms with E-state index < -0.39 is 0 Å². The van der Waals surface area contributed by atoms with Crippen molar-refractivity contribution in [1.82, 2.24) is 15.2 Å².